The van der Waals surface area contributed by atoms with Crippen molar-refractivity contribution in [2.45, 2.75) is 24.9 Å². The number of para-hydroxylation sites is 1. The number of hydrogen-bond acceptors (Lipinski definition) is 4. The number of nitrogens with zero attached hydrogens (tertiary/aromatic N) is 1. The van der Waals surface area contributed by atoms with Crippen LogP contribution in [0.4, 0.5) is 0 Å². The number of aromatic amines is 1. The third-order valence-electron chi connectivity index (χ3n) is 5.87. The highest BCUT2D eigenvalue weighted by atomic mass is 16.5. The van der Waals surface area contributed by atoms with Crippen molar-refractivity contribution >= 4 is 16.8 Å². The molecule has 3 N–H and O–H groups in total. The number of benzene rings is 2. The van der Waals surface area contributed by atoms with Crippen molar-refractivity contribution in [1.82, 2.24) is 15.2 Å². The third-order valence-corrected chi connectivity index (χ3v) is 5.87. The molecule has 1 amide bonds. The van der Waals surface area contributed by atoms with Gasteiger partial charge in [-0.15, -0.1) is 0 Å². The van der Waals surface area contributed by atoms with Crippen LogP contribution in [0.25, 0.3) is 10.9 Å². The van der Waals surface area contributed by atoms with Crippen LogP contribution in [0.15, 0.2) is 54.7 Å². The van der Waals surface area contributed by atoms with Crippen molar-refractivity contribution in [3.8, 4) is 5.75 Å². The summed E-state index contributed by atoms with van der Waals surface area (Å²) in [4.78, 5) is 18.0. The second kappa shape index (κ2) is 9.32. The number of H-pyrrole nitrogens is 1. The van der Waals surface area contributed by atoms with Crippen LogP contribution in [0.5, 0.6) is 5.75 Å². The molecule has 6 nitrogen and oxygen atoms in total. The summed E-state index contributed by atoms with van der Waals surface area (Å²) < 4.78 is 5.30. The number of ether oxygens (including phenoxy) is 1. The van der Waals surface area contributed by atoms with Gasteiger partial charge in [0.25, 0.3) is 0 Å². The lowest BCUT2D eigenvalue weighted by atomic mass is 9.90. The second-order valence-corrected chi connectivity index (χ2v) is 7.95. The lowest BCUT2D eigenvalue weighted by Crippen LogP contribution is -2.44. The largest absolute Gasteiger partial charge is 0.497 e. The van der Waals surface area contributed by atoms with Crippen LogP contribution >= 0.6 is 0 Å². The van der Waals surface area contributed by atoms with Gasteiger partial charge in [-0.1, -0.05) is 30.3 Å². The summed E-state index contributed by atoms with van der Waals surface area (Å²) >= 11 is 0. The normalized spacial score (nSPS) is 18.3. The van der Waals surface area contributed by atoms with Crippen LogP contribution in [0.2, 0.25) is 0 Å². The lowest BCUT2D eigenvalue weighted by Gasteiger charge is -2.29. The van der Waals surface area contributed by atoms with E-state index in [-0.39, 0.29) is 17.9 Å². The maximum Gasteiger partial charge on any atom is 0.234 e. The molecule has 1 aliphatic rings. The van der Waals surface area contributed by atoms with Gasteiger partial charge >= 0.3 is 0 Å². The molecule has 3 aromatic rings. The molecule has 2 atom stereocenters. The number of rotatable bonds is 7. The average Bonchev–Trinajstić information content (AvgIpc) is 3.18. The predicted molar refractivity (Wildman–Crippen MR) is 118 cm³/mol. The van der Waals surface area contributed by atoms with E-state index in [0.29, 0.717) is 19.6 Å². The Morgan fingerprint density at radius 1 is 1.27 bits per heavy atom. The molecule has 2 aromatic carbocycles. The van der Waals surface area contributed by atoms with Gasteiger partial charge in [-0.2, -0.15) is 0 Å². The summed E-state index contributed by atoms with van der Waals surface area (Å²) in [5, 5.41) is 14.1. The molecule has 1 fully saturated rings. The fourth-order valence-corrected chi connectivity index (χ4v) is 4.28. The van der Waals surface area contributed by atoms with Crippen LogP contribution in [-0.4, -0.2) is 60.3 Å². The van der Waals surface area contributed by atoms with Gasteiger partial charge in [-0.05, 0) is 48.7 Å². The van der Waals surface area contributed by atoms with Gasteiger partial charge in [0.15, 0.2) is 0 Å². The zero-order chi connectivity index (χ0) is 20.9. The molecule has 0 spiro atoms. The molecule has 0 aliphatic carbocycles. The fraction of sp³-hybridized carbons (Fsp3) is 0.375. The van der Waals surface area contributed by atoms with E-state index >= 15 is 0 Å². The molecule has 0 saturated carbocycles. The van der Waals surface area contributed by atoms with Gasteiger partial charge in [0, 0.05) is 36.1 Å². The minimum Gasteiger partial charge on any atom is -0.497 e. The third kappa shape index (κ3) is 4.66. The number of likely N-dealkylation sites (tertiary alicyclic amines) is 1. The number of β-amino-alcohol motifs (C(OH)–C–C–N with tert-alkyl or cyclic N) is 1. The van der Waals surface area contributed by atoms with E-state index < -0.39 is 0 Å². The van der Waals surface area contributed by atoms with Crippen molar-refractivity contribution < 1.29 is 14.6 Å². The van der Waals surface area contributed by atoms with E-state index in [2.05, 4.69) is 34.6 Å². The van der Waals surface area contributed by atoms with E-state index in [1.165, 1.54) is 0 Å². The first kappa shape index (κ1) is 20.4. The lowest BCUT2D eigenvalue weighted by molar-refractivity contribution is -0.122. The zero-order valence-electron chi connectivity index (χ0n) is 17.3. The molecule has 1 aliphatic heterocycles. The molecule has 0 unspecified atom stereocenters. The van der Waals surface area contributed by atoms with Gasteiger partial charge in [0.1, 0.15) is 5.75 Å². The van der Waals surface area contributed by atoms with Crippen LogP contribution in [0, 0.1) is 0 Å². The average molecular weight is 408 g/mol. The summed E-state index contributed by atoms with van der Waals surface area (Å²) in [6, 6.07) is 16.2. The van der Waals surface area contributed by atoms with Gasteiger partial charge in [0.2, 0.25) is 5.91 Å². The maximum atomic E-state index is 12.6. The second-order valence-electron chi connectivity index (χ2n) is 7.95. The van der Waals surface area contributed by atoms with Crippen molar-refractivity contribution in [3.63, 3.8) is 0 Å². The standard InChI is InChI=1S/C24H29N3O3/c1-30-19-10-8-17(9-11-19)21(22-14-25-23-7-3-2-6-20(22)23)13-26-24(29)16-27-12-4-5-18(28)15-27/h2-3,6-11,14,18,21,25,28H,4-5,12-13,15-16H2,1H3,(H,26,29)/t18-,21+/m1/s1. The zero-order valence-corrected chi connectivity index (χ0v) is 17.3. The molecule has 6 heteroatoms. The number of fused-ring (bicyclic) bond motifs is 1. The highest BCUT2D eigenvalue weighted by Gasteiger charge is 2.22. The first-order valence-corrected chi connectivity index (χ1v) is 10.5. The van der Waals surface area contributed by atoms with Gasteiger partial charge in [0.05, 0.1) is 19.8 Å². The number of carbonyl (C=O) groups excluding carboxylic acids is 1. The Morgan fingerprint density at radius 3 is 2.83 bits per heavy atom. The van der Waals surface area contributed by atoms with Crippen molar-refractivity contribution in [3.05, 3.63) is 65.9 Å². The maximum absolute atomic E-state index is 12.6. The Balaban J connectivity index is 1.52. The summed E-state index contributed by atoms with van der Waals surface area (Å²) in [5.41, 5.74) is 3.36. The minimum atomic E-state index is -0.329. The first-order chi connectivity index (χ1) is 14.6. The topological polar surface area (TPSA) is 77.6 Å². The Labute approximate surface area is 176 Å². The van der Waals surface area contributed by atoms with E-state index in [4.69, 9.17) is 4.74 Å². The molecule has 30 heavy (non-hydrogen) atoms. The van der Waals surface area contributed by atoms with E-state index in [1.54, 1.807) is 7.11 Å². The number of aliphatic hydroxyl groups is 1. The van der Waals surface area contributed by atoms with Gasteiger partial charge < -0.3 is 20.1 Å². The summed E-state index contributed by atoms with van der Waals surface area (Å²) in [6.45, 7) is 2.25. The highest BCUT2D eigenvalue weighted by molar-refractivity contribution is 5.84. The summed E-state index contributed by atoms with van der Waals surface area (Å²) in [6.07, 6.45) is 3.45. The number of aromatic nitrogens is 1. The number of methoxy groups -OCH3 is 1. The molecule has 4 rings (SSSR count). The summed E-state index contributed by atoms with van der Waals surface area (Å²) in [5.74, 6) is 0.814. The van der Waals surface area contributed by atoms with E-state index in [0.717, 1.165) is 47.2 Å². The summed E-state index contributed by atoms with van der Waals surface area (Å²) in [7, 11) is 1.66. The highest BCUT2D eigenvalue weighted by Crippen LogP contribution is 2.31. The van der Waals surface area contributed by atoms with Crippen LogP contribution in [-0.2, 0) is 4.79 Å². The van der Waals surface area contributed by atoms with E-state index in [9.17, 15) is 9.90 Å². The number of amides is 1. The van der Waals surface area contributed by atoms with Crippen molar-refractivity contribution in [2.24, 2.45) is 0 Å². The Bertz CT molecular complexity index is 983. The molecule has 1 saturated heterocycles. The molecule has 2 heterocycles. The molecule has 158 valence electrons. The molecule has 1 aromatic heterocycles. The number of aliphatic hydroxyl groups excluding tert-OH is 1. The van der Waals surface area contributed by atoms with Crippen LogP contribution < -0.4 is 10.1 Å². The monoisotopic (exact) mass is 407 g/mol. The van der Waals surface area contributed by atoms with Crippen LogP contribution in [0.3, 0.4) is 0 Å². The van der Waals surface area contributed by atoms with Crippen molar-refractivity contribution in [2.75, 3.05) is 33.3 Å². The van der Waals surface area contributed by atoms with Crippen molar-refractivity contribution in [1.29, 1.82) is 0 Å². The minimum absolute atomic E-state index is 0.0116. The molecular formula is C24H29N3O3. The Morgan fingerprint density at radius 2 is 2.07 bits per heavy atom. The quantitative estimate of drug-likeness (QED) is 0.563. The molecule has 0 bridgehead atoms. The number of hydrogen-bond donors (Lipinski definition) is 3. The Kier molecular flexibility index (Phi) is 6.35. The SMILES string of the molecule is COc1ccc([C@H](CNC(=O)CN2CCC[C@@H](O)C2)c2c[nH]c3ccccc23)cc1. The smallest absolute Gasteiger partial charge is 0.234 e. The predicted octanol–water partition coefficient (Wildman–Crippen LogP) is 2.88. The molecule has 0 radical (unpaired) electrons. The molecular weight excluding hydrogens is 378 g/mol. The fourth-order valence-electron chi connectivity index (χ4n) is 4.28. The van der Waals surface area contributed by atoms with E-state index in [1.807, 2.05) is 35.4 Å². The number of nitrogens with one attached hydrogen (secondary N) is 2. The number of carbonyl (C=O) groups is 1. The number of piperidine rings is 1. The first-order valence-electron chi connectivity index (χ1n) is 10.5. The van der Waals surface area contributed by atoms with Crippen LogP contribution in [0.1, 0.15) is 29.9 Å². The van der Waals surface area contributed by atoms with Gasteiger partial charge in [-0.3, -0.25) is 9.69 Å². The van der Waals surface area contributed by atoms with Gasteiger partial charge in [-0.25, -0.2) is 0 Å². The Hall–Kier alpha value is -2.83.